The van der Waals surface area contributed by atoms with Crippen LogP contribution in [0.3, 0.4) is 0 Å². The van der Waals surface area contributed by atoms with Gasteiger partial charge in [0.1, 0.15) is 23.9 Å². The van der Waals surface area contributed by atoms with E-state index < -0.39 is 0 Å². The van der Waals surface area contributed by atoms with Gasteiger partial charge in [0.2, 0.25) is 0 Å². The lowest BCUT2D eigenvalue weighted by molar-refractivity contribution is 0.297. The number of hydrogen-bond acceptors (Lipinski definition) is 4. The van der Waals surface area contributed by atoms with Crippen LogP contribution in [0.15, 0.2) is 77.6 Å². The molecule has 0 bridgehead atoms. The van der Waals surface area contributed by atoms with Gasteiger partial charge in [-0.05, 0) is 42.5 Å². The Bertz CT molecular complexity index is 1140. The van der Waals surface area contributed by atoms with Gasteiger partial charge in [0.05, 0.1) is 18.0 Å². The maximum Gasteiger partial charge on any atom is 0.259 e. The minimum atomic E-state index is -0.159. The second-order valence-corrected chi connectivity index (χ2v) is 6.06. The van der Waals surface area contributed by atoms with Gasteiger partial charge in [0.25, 0.3) is 5.56 Å². The van der Waals surface area contributed by atoms with Crippen molar-refractivity contribution in [2.75, 3.05) is 7.11 Å². The van der Waals surface area contributed by atoms with Crippen molar-refractivity contribution in [1.82, 2.24) is 9.97 Å². The molecule has 1 aromatic heterocycles. The molecule has 0 aliphatic carbocycles. The lowest BCUT2D eigenvalue weighted by atomic mass is 10.1. The van der Waals surface area contributed by atoms with E-state index in [1.165, 1.54) is 0 Å². The summed E-state index contributed by atoms with van der Waals surface area (Å²) in [5, 5.41) is 0.572. The average molecular weight is 358 g/mol. The van der Waals surface area contributed by atoms with Gasteiger partial charge in [0.15, 0.2) is 0 Å². The van der Waals surface area contributed by atoms with E-state index in [0.717, 1.165) is 22.6 Å². The zero-order chi connectivity index (χ0) is 18.6. The minimum absolute atomic E-state index is 0.159. The van der Waals surface area contributed by atoms with Crippen LogP contribution in [0.5, 0.6) is 11.5 Å². The molecular weight excluding hydrogens is 340 g/mol. The molecule has 0 aliphatic rings. The first-order valence-corrected chi connectivity index (χ1v) is 8.59. The summed E-state index contributed by atoms with van der Waals surface area (Å²) in [5.74, 6) is 2.02. The highest BCUT2D eigenvalue weighted by molar-refractivity contribution is 5.79. The molecule has 0 fully saturated rings. The third kappa shape index (κ3) is 3.53. The lowest BCUT2D eigenvalue weighted by Crippen LogP contribution is -2.09. The standard InChI is InChI=1S/C22H18N2O3/c1-26-20-12-11-15(13-16(20)14-27-17-7-3-2-4-8-17)21-23-19-10-6-5-9-18(19)22(25)24-21/h2-13H,14H2,1H3,(H,23,24,25). The molecular formula is C22H18N2O3. The second kappa shape index (κ2) is 7.33. The molecule has 0 unspecified atom stereocenters. The Labute approximate surface area is 156 Å². The van der Waals surface area contributed by atoms with Crippen molar-refractivity contribution < 1.29 is 9.47 Å². The third-order valence-corrected chi connectivity index (χ3v) is 4.30. The summed E-state index contributed by atoms with van der Waals surface area (Å²) in [7, 11) is 1.62. The number of benzene rings is 3. The molecule has 5 nitrogen and oxygen atoms in total. The topological polar surface area (TPSA) is 64.2 Å². The van der Waals surface area contributed by atoms with Gasteiger partial charge >= 0.3 is 0 Å². The maximum atomic E-state index is 12.3. The van der Waals surface area contributed by atoms with E-state index in [0.29, 0.717) is 23.3 Å². The van der Waals surface area contributed by atoms with Crippen molar-refractivity contribution in [3.63, 3.8) is 0 Å². The van der Waals surface area contributed by atoms with E-state index in [9.17, 15) is 4.79 Å². The molecule has 4 rings (SSSR count). The number of nitrogens with zero attached hydrogens (tertiary/aromatic N) is 1. The van der Waals surface area contributed by atoms with Crippen molar-refractivity contribution in [1.29, 1.82) is 0 Å². The number of nitrogens with one attached hydrogen (secondary N) is 1. The molecule has 4 aromatic rings. The van der Waals surface area contributed by atoms with Crippen molar-refractivity contribution in [2.24, 2.45) is 0 Å². The Morgan fingerprint density at radius 2 is 1.74 bits per heavy atom. The Morgan fingerprint density at radius 1 is 0.963 bits per heavy atom. The Morgan fingerprint density at radius 3 is 2.56 bits per heavy atom. The summed E-state index contributed by atoms with van der Waals surface area (Å²) in [4.78, 5) is 19.8. The largest absolute Gasteiger partial charge is 0.496 e. The van der Waals surface area contributed by atoms with Gasteiger partial charge in [-0.15, -0.1) is 0 Å². The number of rotatable bonds is 5. The number of fused-ring (bicyclic) bond motifs is 1. The van der Waals surface area contributed by atoms with Crippen LogP contribution in [0.2, 0.25) is 0 Å². The van der Waals surface area contributed by atoms with Crippen LogP contribution in [0, 0.1) is 0 Å². The SMILES string of the molecule is COc1ccc(-c2nc3ccccc3c(=O)[nH]2)cc1COc1ccccc1. The first-order valence-electron chi connectivity index (χ1n) is 8.59. The van der Waals surface area contributed by atoms with Crippen molar-refractivity contribution >= 4 is 10.9 Å². The van der Waals surface area contributed by atoms with E-state index >= 15 is 0 Å². The highest BCUT2D eigenvalue weighted by Gasteiger charge is 2.10. The zero-order valence-corrected chi connectivity index (χ0v) is 14.8. The molecule has 0 aliphatic heterocycles. The van der Waals surface area contributed by atoms with Crippen LogP contribution < -0.4 is 15.0 Å². The van der Waals surface area contributed by atoms with E-state index in [-0.39, 0.29) is 5.56 Å². The molecule has 0 saturated carbocycles. The van der Waals surface area contributed by atoms with Crippen LogP contribution in [-0.4, -0.2) is 17.1 Å². The Kier molecular flexibility index (Phi) is 4.58. The summed E-state index contributed by atoms with van der Waals surface area (Å²) < 4.78 is 11.3. The molecule has 134 valence electrons. The van der Waals surface area contributed by atoms with Gasteiger partial charge in [-0.1, -0.05) is 30.3 Å². The second-order valence-electron chi connectivity index (χ2n) is 6.06. The molecule has 1 heterocycles. The third-order valence-electron chi connectivity index (χ3n) is 4.30. The van der Waals surface area contributed by atoms with Gasteiger partial charge in [0, 0.05) is 11.1 Å². The summed E-state index contributed by atoms with van der Waals surface area (Å²) in [5.41, 5.74) is 2.17. The Balaban J connectivity index is 1.70. The summed E-state index contributed by atoms with van der Waals surface area (Å²) in [6, 6.07) is 22.5. The fourth-order valence-electron chi connectivity index (χ4n) is 2.94. The maximum absolute atomic E-state index is 12.3. The quantitative estimate of drug-likeness (QED) is 0.581. The number of aromatic amines is 1. The smallest absolute Gasteiger partial charge is 0.259 e. The molecule has 3 aromatic carbocycles. The highest BCUT2D eigenvalue weighted by Crippen LogP contribution is 2.26. The van der Waals surface area contributed by atoms with E-state index in [1.54, 1.807) is 13.2 Å². The average Bonchev–Trinajstić information content (AvgIpc) is 2.73. The molecule has 5 heteroatoms. The summed E-state index contributed by atoms with van der Waals surface area (Å²) in [6.07, 6.45) is 0. The molecule has 0 radical (unpaired) electrons. The van der Waals surface area contributed by atoms with Gasteiger partial charge in [-0.3, -0.25) is 4.79 Å². The molecule has 0 saturated heterocycles. The van der Waals surface area contributed by atoms with E-state index in [2.05, 4.69) is 9.97 Å². The fourth-order valence-corrected chi connectivity index (χ4v) is 2.94. The summed E-state index contributed by atoms with van der Waals surface area (Å²) in [6.45, 7) is 0.346. The predicted octanol–water partition coefficient (Wildman–Crippen LogP) is 4.18. The van der Waals surface area contributed by atoms with Crippen molar-refractivity contribution in [3.8, 4) is 22.9 Å². The van der Waals surface area contributed by atoms with Crippen LogP contribution in [0.25, 0.3) is 22.3 Å². The van der Waals surface area contributed by atoms with Crippen LogP contribution >= 0.6 is 0 Å². The molecule has 0 atom stereocenters. The molecule has 0 amide bonds. The number of ether oxygens (including phenoxy) is 2. The normalized spacial score (nSPS) is 10.7. The van der Waals surface area contributed by atoms with Gasteiger partial charge in [-0.2, -0.15) is 0 Å². The van der Waals surface area contributed by atoms with Gasteiger partial charge < -0.3 is 14.5 Å². The Hall–Kier alpha value is -3.60. The van der Waals surface area contributed by atoms with Crippen LogP contribution in [0.1, 0.15) is 5.56 Å². The number of H-pyrrole nitrogens is 1. The van der Waals surface area contributed by atoms with Crippen molar-refractivity contribution in [2.45, 2.75) is 6.61 Å². The lowest BCUT2D eigenvalue weighted by Gasteiger charge is -2.12. The molecule has 27 heavy (non-hydrogen) atoms. The number of methoxy groups -OCH3 is 1. The molecule has 0 spiro atoms. The summed E-state index contributed by atoms with van der Waals surface area (Å²) >= 11 is 0. The van der Waals surface area contributed by atoms with Crippen molar-refractivity contribution in [3.05, 3.63) is 88.7 Å². The van der Waals surface area contributed by atoms with Crippen LogP contribution in [0.4, 0.5) is 0 Å². The van der Waals surface area contributed by atoms with Gasteiger partial charge in [-0.25, -0.2) is 4.98 Å². The zero-order valence-electron chi connectivity index (χ0n) is 14.8. The minimum Gasteiger partial charge on any atom is -0.496 e. The molecule has 1 N–H and O–H groups in total. The monoisotopic (exact) mass is 358 g/mol. The first kappa shape index (κ1) is 16.8. The van der Waals surface area contributed by atoms with E-state index in [4.69, 9.17) is 9.47 Å². The number of para-hydroxylation sites is 2. The number of hydrogen-bond donors (Lipinski definition) is 1. The first-order chi connectivity index (χ1) is 13.2. The fraction of sp³-hybridized carbons (Fsp3) is 0.0909. The van der Waals surface area contributed by atoms with Crippen LogP contribution in [-0.2, 0) is 6.61 Å². The predicted molar refractivity (Wildman–Crippen MR) is 105 cm³/mol. The highest BCUT2D eigenvalue weighted by atomic mass is 16.5. The number of aromatic nitrogens is 2. The van der Waals surface area contributed by atoms with E-state index in [1.807, 2.05) is 66.7 Å².